The molecule has 0 saturated carbocycles. The second kappa shape index (κ2) is 5.16. The second-order valence-corrected chi connectivity index (χ2v) is 8.87. The summed E-state index contributed by atoms with van der Waals surface area (Å²) in [6, 6.07) is 5.36. The molecule has 1 rings (SSSR count). The van der Waals surface area contributed by atoms with Gasteiger partial charge in [0.25, 0.3) is 0 Å². The van der Waals surface area contributed by atoms with E-state index < -0.39 is 8.32 Å². The molecule has 16 heavy (non-hydrogen) atoms. The molecule has 0 radical (unpaired) electrons. The number of hydrogen-bond donors (Lipinski definition) is 0. The molecule has 0 fully saturated rings. The van der Waals surface area contributed by atoms with Crippen molar-refractivity contribution >= 4 is 14.6 Å². The fourth-order valence-electron chi connectivity index (χ4n) is 1.31. The zero-order valence-corrected chi connectivity index (χ0v) is 11.2. The average Bonchev–Trinajstić information content (AvgIpc) is 2.19. The number of para-hydroxylation sites is 1. The van der Waals surface area contributed by atoms with Crippen molar-refractivity contribution in [3.63, 3.8) is 0 Å². The average molecular weight is 238 g/mol. The number of hydrogen-bond acceptors (Lipinski definition) is 3. The topological polar surface area (TPSA) is 35.5 Å². The molecule has 0 aromatic heterocycles. The Labute approximate surface area is 97.5 Å². The molecule has 0 atom stereocenters. The Morgan fingerprint density at radius 2 is 2.00 bits per heavy atom. The van der Waals surface area contributed by atoms with Gasteiger partial charge in [-0.3, -0.25) is 4.79 Å². The lowest BCUT2D eigenvalue weighted by Crippen LogP contribution is -2.30. The van der Waals surface area contributed by atoms with Crippen molar-refractivity contribution in [1.82, 2.24) is 0 Å². The first-order valence-electron chi connectivity index (χ1n) is 5.38. The van der Waals surface area contributed by atoms with E-state index in [1.807, 2.05) is 13.0 Å². The van der Waals surface area contributed by atoms with E-state index in [-0.39, 0.29) is 0 Å². The lowest BCUT2D eigenvalue weighted by Gasteiger charge is -2.22. The number of benzene rings is 1. The Hall–Kier alpha value is -1.29. The van der Waals surface area contributed by atoms with E-state index in [2.05, 4.69) is 19.6 Å². The molecule has 0 heterocycles. The van der Waals surface area contributed by atoms with Crippen molar-refractivity contribution in [2.24, 2.45) is 0 Å². The summed E-state index contributed by atoms with van der Waals surface area (Å²) in [5, 5.41) is 0. The zero-order valence-electron chi connectivity index (χ0n) is 10.2. The molecule has 0 spiro atoms. The van der Waals surface area contributed by atoms with E-state index in [4.69, 9.17) is 9.16 Å². The third kappa shape index (κ3) is 3.38. The van der Waals surface area contributed by atoms with Gasteiger partial charge < -0.3 is 9.16 Å². The van der Waals surface area contributed by atoms with Crippen LogP contribution in [0.15, 0.2) is 18.2 Å². The third-order valence-corrected chi connectivity index (χ3v) is 2.66. The van der Waals surface area contributed by atoms with E-state index in [9.17, 15) is 4.79 Å². The summed E-state index contributed by atoms with van der Waals surface area (Å²) in [6.45, 7) is 8.69. The maximum absolute atomic E-state index is 10.9. The van der Waals surface area contributed by atoms with E-state index in [1.165, 1.54) is 0 Å². The first kappa shape index (κ1) is 12.8. The molecular weight excluding hydrogens is 220 g/mol. The standard InChI is InChI=1S/C12H18O3Si/c1-5-14-11-8-6-7-10(9-13)12(11)15-16(2,3)4/h6-9H,5H2,1-4H3. The first-order valence-corrected chi connectivity index (χ1v) is 8.78. The number of aldehydes is 1. The molecule has 0 saturated heterocycles. The largest absolute Gasteiger partial charge is 0.541 e. The Morgan fingerprint density at radius 1 is 1.31 bits per heavy atom. The van der Waals surface area contributed by atoms with Crippen LogP contribution in [0.3, 0.4) is 0 Å². The Bertz CT molecular complexity index is 369. The van der Waals surface area contributed by atoms with Gasteiger partial charge in [-0.2, -0.15) is 0 Å². The van der Waals surface area contributed by atoms with Crippen molar-refractivity contribution < 1.29 is 14.0 Å². The molecule has 4 heteroatoms. The predicted molar refractivity (Wildman–Crippen MR) is 67.0 cm³/mol. The van der Waals surface area contributed by atoms with Gasteiger partial charge >= 0.3 is 0 Å². The molecule has 0 N–H and O–H groups in total. The van der Waals surface area contributed by atoms with Gasteiger partial charge in [0, 0.05) is 0 Å². The highest BCUT2D eigenvalue weighted by molar-refractivity contribution is 6.70. The van der Waals surface area contributed by atoms with Gasteiger partial charge in [0.15, 0.2) is 17.8 Å². The van der Waals surface area contributed by atoms with E-state index >= 15 is 0 Å². The van der Waals surface area contributed by atoms with Crippen LogP contribution in [0.4, 0.5) is 0 Å². The van der Waals surface area contributed by atoms with E-state index in [0.717, 1.165) is 6.29 Å². The summed E-state index contributed by atoms with van der Waals surface area (Å²) in [7, 11) is -1.74. The molecule has 0 aliphatic heterocycles. The Morgan fingerprint density at radius 3 is 2.50 bits per heavy atom. The fraction of sp³-hybridized carbons (Fsp3) is 0.417. The molecule has 0 aliphatic rings. The Kier molecular flexibility index (Phi) is 4.12. The summed E-state index contributed by atoms with van der Waals surface area (Å²) in [5.41, 5.74) is 0.549. The highest BCUT2D eigenvalue weighted by Crippen LogP contribution is 2.32. The van der Waals surface area contributed by atoms with E-state index in [1.54, 1.807) is 12.1 Å². The number of carbonyl (C=O) groups excluding carboxylic acids is 1. The van der Waals surface area contributed by atoms with Crippen LogP contribution in [0.5, 0.6) is 11.5 Å². The summed E-state index contributed by atoms with van der Waals surface area (Å²) in [6.07, 6.45) is 0.804. The smallest absolute Gasteiger partial charge is 0.242 e. The highest BCUT2D eigenvalue weighted by Gasteiger charge is 2.21. The zero-order chi connectivity index (χ0) is 12.2. The minimum atomic E-state index is -1.74. The van der Waals surface area contributed by atoms with Gasteiger partial charge in [-0.25, -0.2) is 0 Å². The quantitative estimate of drug-likeness (QED) is 0.584. The van der Waals surface area contributed by atoms with Crippen LogP contribution in [-0.2, 0) is 0 Å². The van der Waals surface area contributed by atoms with Crippen LogP contribution < -0.4 is 9.16 Å². The van der Waals surface area contributed by atoms with Crippen molar-refractivity contribution in [2.75, 3.05) is 6.61 Å². The molecule has 3 nitrogen and oxygen atoms in total. The lowest BCUT2D eigenvalue weighted by molar-refractivity contribution is 0.112. The summed E-state index contributed by atoms with van der Waals surface area (Å²) >= 11 is 0. The number of rotatable bonds is 5. The molecule has 0 bridgehead atoms. The van der Waals surface area contributed by atoms with Gasteiger partial charge in [-0.1, -0.05) is 6.07 Å². The van der Waals surface area contributed by atoms with Gasteiger partial charge in [-0.05, 0) is 38.7 Å². The molecular formula is C12H18O3Si. The second-order valence-electron chi connectivity index (χ2n) is 4.44. The van der Waals surface area contributed by atoms with Crippen molar-refractivity contribution in [2.45, 2.75) is 26.6 Å². The van der Waals surface area contributed by atoms with Crippen molar-refractivity contribution in [3.8, 4) is 11.5 Å². The van der Waals surface area contributed by atoms with Crippen LogP contribution in [0.2, 0.25) is 19.6 Å². The van der Waals surface area contributed by atoms with Crippen LogP contribution in [0.1, 0.15) is 17.3 Å². The minimum Gasteiger partial charge on any atom is -0.541 e. The molecule has 0 amide bonds. The monoisotopic (exact) mass is 238 g/mol. The normalized spacial score (nSPS) is 11.0. The lowest BCUT2D eigenvalue weighted by atomic mass is 10.2. The van der Waals surface area contributed by atoms with E-state index in [0.29, 0.717) is 23.7 Å². The van der Waals surface area contributed by atoms with Gasteiger partial charge in [0.05, 0.1) is 12.2 Å². The fourth-order valence-corrected chi connectivity index (χ4v) is 2.14. The van der Waals surface area contributed by atoms with Gasteiger partial charge in [0.2, 0.25) is 8.32 Å². The summed E-state index contributed by atoms with van der Waals surface area (Å²) < 4.78 is 11.4. The molecule has 1 aromatic carbocycles. The summed E-state index contributed by atoms with van der Waals surface area (Å²) in [5.74, 6) is 1.23. The highest BCUT2D eigenvalue weighted by atomic mass is 28.4. The van der Waals surface area contributed by atoms with Gasteiger partial charge in [0.1, 0.15) is 0 Å². The predicted octanol–water partition coefficient (Wildman–Crippen LogP) is 3.11. The van der Waals surface area contributed by atoms with Gasteiger partial charge in [-0.15, -0.1) is 0 Å². The minimum absolute atomic E-state index is 0.549. The van der Waals surface area contributed by atoms with Crippen LogP contribution >= 0.6 is 0 Å². The van der Waals surface area contributed by atoms with Crippen molar-refractivity contribution in [1.29, 1.82) is 0 Å². The number of ether oxygens (including phenoxy) is 1. The van der Waals surface area contributed by atoms with Crippen molar-refractivity contribution in [3.05, 3.63) is 23.8 Å². The third-order valence-electron chi connectivity index (χ3n) is 1.84. The molecule has 0 unspecified atom stereocenters. The number of carbonyl (C=O) groups is 1. The summed E-state index contributed by atoms with van der Waals surface area (Å²) in [4.78, 5) is 10.9. The first-order chi connectivity index (χ1) is 7.48. The SMILES string of the molecule is CCOc1cccc(C=O)c1O[Si](C)(C)C. The maximum Gasteiger partial charge on any atom is 0.242 e. The maximum atomic E-state index is 10.9. The van der Waals surface area contributed by atoms with Crippen LogP contribution in [0.25, 0.3) is 0 Å². The Balaban J connectivity index is 3.14. The molecule has 0 aliphatic carbocycles. The van der Waals surface area contributed by atoms with Crippen LogP contribution in [0, 0.1) is 0 Å². The molecule has 1 aromatic rings. The molecule has 88 valence electrons. The van der Waals surface area contributed by atoms with Crippen LogP contribution in [-0.4, -0.2) is 21.2 Å².